The minimum atomic E-state index is -0.379. The number of phenolic OH excluding ortho intramolecular Hbond substituents is 1. The van der Waals surface area contributed by atoms with Crippen molar-refractivity contribution in [1.82, 2.24) is 5.32 Å². The van der Waals surface area contributed by atoms with Crippen LogP contribution in [-0.2, 0) is 11.3 Å². The predicted octanol–water partition coefficient (Wildman–Crippen LogP) is 3.57. The fourth-order valence-corrected chi connectivity index (χ4v) is 2.72. The molecule has 0 spiro atoms. The van der Waals surface area contributed by atoms with Crippen molar-refractivity contribution in [2.24, 2.45) is 0 Å². The average molecular weight is 326 g/mol. The van der Waals surface area contributed by atoms with Crippen LogP contribution in [0.2, 0.25) is 0 Å². The number of benzene rings is 2. The van der Waals surface area contributed by atoms with Gasteiger partial charge in [0.15, 0.2) is 0 Å². The molecule has 24 heavy (non-hydrogen) atoms. The van der Waals surface area contributed by atoms with Crippen LogP contribution in [0.25, 0.3) is 0 Å². The van der Waals surface area contributed by atoms with Crippen LogP contribution in [0.15, 0.2) is 48.5 Å². The second-order valence-corrected chi connectivity index (χ2v) is 6.22. The fourth-order valence-electron chi connectivity index (χ4n) is 2.72. The molecular formula is C19H22N2O3. The molecule has 0 aliphatic heterocycles. The van der Waals surface area contributed by atoms with Crippen molar-refractivity contribution in [1.29, 1.82) is 0 Å². The first-order valence-corrected chi connectivity index (χ1v) is 8.13. The molecule has 126 valence electrons. The molecule has 5 nitrogen and oxygen atoms in total. The summed E-state index contributed by atoms with van der Waals surface area (Å²) >= 11 is 0. The number of rotatable bonds is 5. The van der Waals surface area contributed by atoms with E-state index in [4.69, 9.17) is 4.74 Å². The number of hydrogen-bond acceptors (Lipinski definition) is 4. The molecule has 1 saturated carbocycles. The lowest BCUT2D eigenvalue weighted by atomic mass is 9.86. The molecule has 1 aliphatic carbocycles. The van der Waals surface area contributed by atoms with Gasteiger partial charge in [-0.3, -0.25) is 0 Å². The average Bonchev–Trinajstić information content (AvgIpc) is 2.55. The van der Waals surface area contributed by atoms with Gasteiger partial charge in [-0.1, -0.05) is 36.4 Å². The third kappa shape index (κ3) is 4.19. The van der Waals surface area contributed by atoms with Crippen molar-refractivity contribution in [3.8, 4) is 5.75 Å². The third-order valence-corrected chi connectivity index (χ3v) is 4.25. The number of amides is 1. The van der Waals surface area contributed by atoms with E-state index in [2.05, 4.69) is 10.6 Å². The molecule has 0 saturated heterocycles. The Morgan fingerprint density at radius 2 is 1.92 bits per heavy atom. The molecule has 1 fully saturated rings. The summed E-state index contributed by atoms with van der Waals surface area (Å²) < 4.78 is 5.21. The standard InChI is InChI=1S/C19H22N2O3/c1-13-7-8-15(11-18(13)22)20-16-9-17(10-16)21-19(23)24-12-14-5-3-2-4-6-14/h2-8,11,16-17,20,22H,9-10,12H2,1H3,(H,21,23). The lowest BCUT2D eigenvalue weighted by Crippen LogP contribution is -2.49. The SMILES string of the molecule is Cc1ccc(NC2CC(NC(=O)OCc3ccccc3)C2)cc1O. The third-order valence-electron chi connectivity index (χ3n) is 4.25. The highest BCUT2D eigenvalue weighted by atomic mass is 16.5. The molecule has 0 radical (unpaired) electrons. The van der Waals surface area contributed by atoms with Gasteiger partial charge in [-0.05, 0) is 37.0 Å². The van der Waals surface area contributed by atoms with Gasteiger partial charge in [-0.15, -0.1) is 0 Å². The zero-order valence-corrected chi connectivity index (χ0v) is 13.7. The topological polar surface area (TPSA) is 70.6 Å². The summed E-state index contributed by atoms with van der Waals surface area (Å²) in [6, 6.07) is 15.6. The highest BCUT2D eigenvalue weighted by Crippen LogP contribution is 2.27. The van der Waals surface area contributed by atoms with Crippen LogP contribution < -0.4 is 10.6 Å². The Balaban J connectivity index is 1.37. The first-order chi connectivity index (χ1) is 11.6. The molecule has 0 atom stereocenters. The minimum Gasteiger partial charge on any atom is -0.508 e. The summed E-state index contributed by atoms with van der Waals surface area (Å²) in [5, 5.41) is 15.9. The van der Waals surface area contributed by atoms with E-state index < -0.39 is 0 Å². The van der Waals surface area contributed by atoms with Crippen LogP contribution in [0.3, 0.4) is 0 Å². The number of aryl methyl sites for hydroxylation is 1. The molecule has 0 bridgehead atoms. The summed E-state index contributed by atoms with van der Waals surface area (Å²) in [6.07, 6.45) is 1.31. The largest absolute Gasteiger partial charge is 0.508 e. The Kier molecular flexibility index (Phi) is 4.89. The van der Waals surface area contributed by atoms with Crippen LogP contribution >= 0.6 is 0 Å². The van der Waals surface area contributed by atoms with Crippen molar-refractivity contribution in [3.63, 3.8) is 0 Å². The van der Waals surface area contributed by atoms with Gasteiger partial charge in [0.05, 0.1) is 0 Å². The number of alkyl carbamates (subject to hydrolysis) is 1. The van der Waals surface area contributed by atoms with E-state index >= 15 is 0 Å². The molecule has 0 unspecified atom stereocenters. The van der Waals surface area contributed by atoms with Gasteiger partial charge in [0.25, 0.3) is 0 Å². The maximum Gasteiger partial charge on any atom is 0.407 e. The maximum absolute atomic E-state index is 11.8. The molecule has 0 heterocycles. The van der Waals surface area contributed by atoms with Crippen molar-refractivity contribution in [2.75, 3.05) is 5.32 Å². The Morgan fingerprint density at radius 3 is 2.62 bits per heavy atom. The smallest absolute Gasteiger partial charge is 0.407 e. The summed E-state index contributed by atoms with van der Waals surface area (Å²) in [7, 11) is 0. The number of hydrogen-bond donors (Lipinski definition) is 3. The molecular weight excluding hydrogens is 304 g/mol. The Labute approximate surface area is 141 Å². The van der Waals surface area contributed by atoms with E-state index in [0.29, 0.717) is 11.8 Å². The van der Waals surface area contributed by atoms with E-state index in [1.807, 2.05) is 49.4 Å². The molecule has 1 amide bonds. The molecule has 3 rings (SSSR count). The number of carbonyl (C=O) groups is 1. The number of phenols is 1. The highest BCUT2D eigenvalue weighted by molar-refractivity contribution is 5.68. The number of nitrogens with one attached hydrogen (secondary N) is 2. The summed E-state index contributed by atoms with van der Waals surface area (Å²) in [6.45, 7) is 2.15. The lowest BCUT2D eigenvalue weighted by Gasteiger charge is -2.36. The fraction of sp³-hybridized carbons (Fsp3) is 0.316. The molecule has 1 aliphatic rings. The second-order valence-electron chi connectivity index (χ2n) is 6.22. The molecule has 0 aromatic heterocycles. The van der Waals surface area contributed by atoms with Crippen LogP contribution in [-0.4, -0.2) is 23.3 Å². The van der Waals surface area contributed by atoms with Gasteiger partial charge >= 0.3 is 6.09 Å². The predicted molar refractivity (Wildman–Crippen MR) is 93.0 cm³/mol. The summed E-state index contributed by atoms with van der Waals surface area (Å²) in [4.78, 5) is 11.8. The number of anilines is 1. The Morgan fingerprint density at radius 1 is 1.17 bits per heavy atom. The minimum absolute atomic E-state index is 0.129. The molecule has 2 aromatic rings. The van der Waals surface area contributed by atoms with Crippen LogP contribution in [0.4, 0.5) is 10.5 Å². The van der Waals surface area contributed by atoms with Crippen LogP contribution in [0.5, 0.6) is 5.75 Å². The van der Waals surface area contributed by atoms with Crippen molar-refractivity contribution >= 4 is 11.8 Å². The van der Waals surface area contributed by atoms with Crippen LogP contribution in [0, 0.1) is 6.92 Å². The first-order valence-electron chi connectivity index (χ1n) is 8.13. The molecule has 2 aromatic carbocycles. The second kappa shape index (κ2) is 7.25. The monoisotopic (exact) mass is 326 g/mol. The van der Waals surface area contributed by atoms with E-state index in [9.17, 15) is 9.90 Å². The highest BCUT2D eigenvalue weighted by Gasteiger charge is 2.30. The zero-order valence-electron chi connectivity index (χ0n) is 13.7. The van der Waals surface area contributed by atoms with E-state index in [0.717, 1.165) is 29.7 Å². The quantitative estimate of drug-likeness (QED) is 0.785. The van der Waals surface area contributed by atoms with Crippen molar-refractivity contribution in [3.05, 3.63) is 59.7 Å². The van der Waals surface area contributed by atoms with E-state index in [1.165, 1.54) is 0 Å². The normalized spacial score (nSPS) is 19.2. The van der Waals surface area contributed by atoms with Gasteiger partial charge in [0, 0.05) is 23.8 Å². The van der Waals surface area contributed by atoms with Gasteiger partial charge in [-0.2, -0.15) is 0 Å². The van der Waals surface area contributed by atoms with E-state index in [1.54, 1.807) is 6.07 Å². The van der Waals surface area contributed by atoms with Gasteiger partial charge in [0.2, 0.25) is 0 Å². The molecule has 5 heteroatoms. The summed E-state index contributed by atoms with van der Waals surface area (Å²) in [5.74, 6) is 0.290. The number of ether oxygens (including phenoxy) is 1. The lowest BCUT2D eigenvalue weighted by molar-refractivity contribution is 0.129. The maximum atomic E-state index is 11.8. The Bertz CT molecular complexity index is 697. The van der Waals surface area contributed by atoms with Crippen LogP contribution in [0.1, 0.15) is 24.0 Å². The van der Waals surface area contributed by atoms with Gasteiger partial charge < -0.3 is 20.5 Å². The van der Waals surface area contributed by atoms with Crippen molar-refractivity contribution in [2.45, 2.75) is 38.5 Å². The summed E-state index contributed by atoms with van der Waals surface area (Å²) in [5.41, 5.74) is 2.73. The zero-order chi connectivity index (χ0) is 16.9. The van der Waals surface area contributed by atoms with E-state index in [-0.39, 0.29) is 18.7 Å². The van der Waals surface area contributed by atoms with Gasteiger partial charge in [-0.25, -0.2) is 4.79 Å². The first kappa shape index (κ1) is 16.2. The van der Waals surface area contributed by atoms with Crippen molar-refractivity contribution < 1.29 is 14.6 Å². The number of aromatic hydroxyl groups is 1. The number of carbonyl (C=O) groups excluding carboxylic acids is 1. The van der Waals surface area contributed by atoms with Gasteiger partial charge in [0.1, 0.15) is 12.4 Å². The molecule has 3 N–H and O–H groups in total. The Hall–Kier alpha value is -2.69.